The predicted octanol–water partition coefficient (Wildman–Crippen LogP) is 2.55. The molecule has 3 rings (SSSR count). The van der Waals surface area contributed by atoms with Crippen LogP contribution in [0.25, 0.3) is 16.9 Å². The molecular formula is C18H21ClN4O2. The fraction of sp³-hybridized carbons (Fsp3) is 0.278. The Morgan fingerprint density at radius 2 is 2.16 bits per heavy atom. The second-order valence-electron chi connectivity index (χ2n) is 5.79. The number of anilines is 1. The molecule has 0 saturated heterocycles. The quantitative estimate of drug-likeness (QED) is 0.706. The third-order valence-electron chi connectivity index (χ3n) is 4.17. The molecule has 0 fully saturated rings. The fourth-order valence-corrected chi connectivity index (χ4v) is 3.02. The average molecular weight is 361 g/mol. The number of aliphatic hydroxyl groups is 1. The van der Waals surface area contributed by atoms with Crippen molar-refractivity contribution in [3.63, 3.8) is 0 Å². The molecule has 0 radical (unpaired) electrons. The Hall–Kier alpha value is -2.28. The van der Waals surface area contributed by atoms with Gasteiger partial charge >= 0.3 is 0 Å². The Labute approximate surface area is 151 Å². The van der Waals surface area contributed by atoms with Crippen molar-refractivity contribution >= 4 is 22.9 Å². The highest BCUT2D eigenvalue weighted by Gasteiger charge is 2.14. The largest absolute Gasteiger partial charge is 0.495 e. The van der Waals surface area contributed by atoms with Gasteiger partial charge in [0.2, 0.25) is 0 Å². The third kappa shape index (κ3) is 3.42. The van der Waals surface area contributed by atoms with Gasteiger partial charge in [-0.2, -0.15) is 0 Å². The van der Waals surface area contributed by atoms with Crippen molar-refractivity contribution in [3.8, 4) is 17.0 Å². The molecule has 0 amide bonds. The number of ether oxygens (including phenoxy) is 1. The van der Waals surface area contributed by atoms with Crippen molar-refractivity contribution in [1.82, 2.24) is 9.38 Å². The minimum atomic E-state index is -0.124. The van der Waals surface area contributed by atoms with Crippen molar-refractivity contribution in [3.05, 3.63) is 47.2 Å². The van der Waals surface area contributed by atoms with E-state index in [4.69, 9.17) is 22.1 Å². The predicted molar refractivity (Wildman–Crippen MR) is 100 cm³/mol. The smallest absolute Gasteiger partial charge is 0.139 e. The van der Waals surface area contributed by atoms with Crippen LogP contribution in [-0.4, -0.2) is 41.7 Å². The van der Waals surface area contributed by atoms with Crippen LogP contribution in [0.5, 0.6) is 5.75 Å². The lowest BCUT2D eigenvalue weighted by Crippen LogP contribution is -2.24. The summed E-state index contributed by atoms with van der Waals surface area (Å²) >= 11 is 6.25. The number of fused-ring (bicyclic) bond motifs is 1. The van der Waals surface area contributed by atoms with Gasteiger partial charge in [-0.1, -0.05) is 11.6 Å². The first-order valence-electron chi connectivity index (χ1n) is 7.95. The van der Waals surface area contributed by atoms with Crippen LogP contribution < -0.4 is 15.4 Å². The lowest BCUT2D eigenvalue weighted by Gasteiger charge is -2.17. The summed E-state index contributed by atoms with van der Waals surface area (Å²) in [7, 11) is 3.54. The van der Waals surface area contributed by atoms with E-state index < -0.39 is 0 Å². The van der Waals surface area contributed by atoms with Gasteiger partial charge in [-0.05, 0) is 23.8 Å². The molecule has 0 aliphatic rings. The number of benzene rings is 1. The highest BCUT2D eigenvalue weighted by Crippen LogP contribution is 2.34. The number of hydrogen-bond donors (Lipinski definition) is 2. The van der Waals surface area contributed by atoms with Gasteiger partial charge in [0.05, 0.1) is 24.4 Å². The summed E-state index contributed by atoms with van der Waals surface area (Å²) in [6.45, 7) is 1.24. The Morgan fingerprint density at radius 1 is 1.36 bits per heavy atom. The topological polar surface area (TPSA) is 76.0 Å². The zero-order valence-corrected chi connectivity index (χ0v) is 15.0. The summed E-state index contributed by atoms with van der Waals surface area (Å²) in [5, 5.41) is 10.2. The molecule has 0 aliphatic heterocycles. The second kappa shape index (κ2) is 7.31. The standard InChI is InChI=1S/C18H21ClN4O2/c1-22(6-4-20)13-3-5-23-10-16(21-18(23)8-13)14-9-15(19)17(25-2)7-12(14)11-24/h3,5,7-10,24H,4,6,11,20H2,1-2H3. The average Bonchev–Trinajstić information content (AvgIpc) is 3.04. The summed E-state index contributed by atoms with van der Waals surface area (Å²) < 4.78 is 7.16. The van der Waals surface area contributed by atoms with Gasteiger partial charge in [0.15, 0.2) is 0 Å². The minimum absolute atomic E-state index is 0.124. The number of imidazole rings is 1. The van der Waals surface area contributed by atoms with E-state index >= 15 is 0 Å². The molecule has 0 unspecified atom stereocenters. The summed E-state index contributed by atoms with van der Waals surface area (Å²) in [6, 6.07) is 7.53. The van der Waals surface area contributed by atoms with Gasteiger partial charge in [0.1, 0.15) is 11.4 Å². The number of aliphatic hydroxyl groups excluding tert-OH is 1. The maximum absolute atomic E-state index is 9.69. The van der Waals surface area contributed by atoms with Crippen LogP contribution in [0.1, 0.15) is 5.56 Å². The first kappa shape index (κ1) is 17.5. The van der Waals surface area contributed by atoms with E-state index in [1.54, 1.807) is 19.2 Å². The van der Waals surface area contributed by atoms with Crippen molar-refractivity contribution in [2.75, 3.05) is 32.1 Å². The molecule has 2 heterocycles. The van der Waals surface area contributed by atoms with Crippen LogP contribution in [0.4, 0.5) is 5.69 Å². The molecule has 0 atom stereocenters. The number of hydrogen-bond acceptors (Lipinski definition) is 5. The summed E-state index contributed by atoms with van der Waals surface area (Å²) in [6.07, 6.45) is 3.87. The molecule has 3 N–H and O–H groups in total. The third-order valence-corrected chi connectivity index (χ3v) is 4.47. The number of likely N-dealkylation sites (N-methyl/N-ethyl adjacent to an activating group) is 1. The molecule has 2 aromatic heterocycles. The van der Waals surface area contributed by atoms with E-state index in [-0.39, 0.29) is 6.61 Å². The van der Waals surface area contributed by atoms with E-state index in [2.05, 4.69) is 9.88 Å². The Balaban J connectivity index is 2.06. The molecule has 0 spiro atoms. The fourth-order valence-electron chi connectivity index (χ4n) is 2.78. The number of nitrogens with two attached hydrogens (primary N) is 1. The van der Waals surface area contributed by atoms with E-state index in [0.29, 0.717) is 22.9 Å². The SMILES string of the molecule is COc1cc(CO)c(-c2cn3ccc(N(C)CCN)cc3n2)cc1Cl. The molecule has 0 bridgehead atoms. The maximum atomic E-state index is 9.69. The number of nitrogens with zero attached hydrogens (tertiary/aromatic N) is 3. The molecule has 7 heteroatoms. The summed E-state index contributed by atoms with van der Waals surface area (Å²) in [5.41, 5.74) is 9.72. The van der Waals surface area contributed by atoms with E-state index in [1.807, 2.05) is 36.0 Å². The number of methoxy groups -OCH3 is 1. The van der Waals surface area contributed by atoms with Crippen molar-refractivity contribution in [1.29, 1.82) is 0 Å². The molecule has 25 heavy (non-hydrogen) atoms. The van der Waals surface area contributed by atoms with Gasteiger partial charge in [-0.25, -0.2) is 4.98 Å². The van der Waals surface area contributed by atoms with Gasteiger partial charge in [0, 0.05) is 49.8 Å². The number of aromatic nitrogens is 2. The van der Waals surface area contributed by atoms with Crippen molar-refractivity contribution in [2.45, 2.75) is 6.61 Å². The Kier molecular flexibility index (Phi) is 5.13. The lowest BCUT2D eigenvalue weighted by molar-refractivity contribution is 0.281. The molecule has 6 nitrogen and oxygen atoms in total. The highest BCUT2D eigenvalue weighted by atomic mass is 35.5. The van der Waals surface area contributed by atoms with Crippen LogP contribution in [0.3, 0.4) is 0 Å². The van der Waals surface area contributed by atoms with E-state index in [0.717, 1.165) is 29.1 Å². The zero-order valence-electron chi connectivity index (χ0n) is 14.2. The number of halogens is 1. The first-order chi connectivity index (χ1) is 12.1. The summed E-state index contributed by atoms with van der Waals surface area (Å²) in [5.74, 6) is 0.531. The molecule has 3 aromatic rings. The monoisotopic (exact) mass is 360 g/mol. The highest BCUT2D eigenvalue weighted by molar-refractivity contribution is 6.32. The normalized spacial score (nSPS) is 11.1. The Morgan fingerprint density at radius 3 is 2.84 bits per heavy atom. The van der Waals surface area contributed by atoms with Gasteiger partial charge in [-0.3, -0.25) is 0 Å². The first-order valence-corrected chi connectivity index (χ1v) is 8.32. The maximum Gasteiger partial charge on any atom is 0.139 e. The molecule has 0 aliphatic carbocycles. The lowest BCUT2D eigenvalue weighted by atomic mass is 10.1. The van der Waals surface area contributed by atoms with Crippen LogP contribution in [0.15, 0.2) is 36.7 Å². The van der Waals surface area contributed by atoms with Crippen LogP contribution in [-0.2, 0) is 6.61 Å². The minimum Gasteiger partial charge on any atom is -0.495 e. The van der Waals surface area contributed by atoms with Crippen LogP contribution in [0, 0.1) is 0 Å². The summed E-state index contributed by atoms with van der Waals surface area (Å²) in [4.78, 5) is 6.77. The van der Waals surface area contributed by atoms with Gasteiger partial charge in [0.25, 0.3) is 0 Å². The molecule has 0 saturated carbocycles. The van der Waals surface area contributed by atoms with Crippen molar-refractivity contribution < 1.29 is 9.84 Å². The number of pyridine rings is 1. The molecule has 1 aromatic carbocycles. The second-order valence-corrected chi connectivity index (χ2v) is 6.20. The van der Waals surface area contributed by atoms with E-state index in [9.17, 15) is 5.11 Å². The van der Waals surface area contributed by atoms with Crippen LogP contribution >= 0.6 is 11.6 Å². The zero-order chi connectivity index (χ0) is 18.0. The Bertz CT molecular complexity index is 894. The van der Waals surface area contributed by atoms with Crippen LogP contribution in [0.2, 0.25) is 5.02 Å². The molecular weight excluding hydrogens is 340 g/mol. The van der Waals surface area contributed by atoms with Crippen molar-refractivity contribution in [2.24, 2.45) is 5.73 Å². The van der Waals surface area contributed by atoms with Gasteiger partial charge in [-0.15, -0.1) is 0 Å². The van der Waals surface area contributed by atoms with E-state index in [1.165, 1.54) is 0 Å². The van der Waals surface area contributed by atoms with Gasteiger partial charge < -0.3 is 24.9 Å². The molecule has 132 valence electrons. The number of rotatable bonds is 6.